The summed E-state index contributed by atoms with van der Waals surface area (Å²) >= 11 is 0. The van der Waals surface area contributed by atoms with Crippen LogP contribution in [0.4, 0.5) is 11.5 Å². The standard InChI is InChI=1S/C13H21N5O2/c1-16-8-11(18(19)20)12(15-16)17-7-3-5-13(10-17)4-2-6-14-9-13/h8,14H,2-7,9-10H2,1H3. The Morgan fingerprint density at radius 1 is 1.45 bits per heavy atom. The minimum atomic E-state index is -0.331. The normalized spacial score (nSPS) is 26.9. The summed E-state index contributed by atoms with van der Waals surface area (Å²) in [5, 5.41) is 18.9. The molecule has 1 aromatic rings. The highest BCUT2D eigenvalue weighted by atomic mass is 16.6. The summed E-state index contributed by atoms with van der Waals surface area (Å²) in [6, 6.07) is 0. The Hall–Kier alpha value is -1.63. The van der Waals surface area contributed by atoms with Crippen molar-refractivity contribution in [2.24, 2.45) is 12.5 Å². The summed E-state index contributed by atoms with van der Waals surface area (Å²) in [7, 11) is 1.73. The number of rotatable bonds is 2. The van der Waals surface area contributed by atoms with Crippen LogP contribution in [0.25, 0.3) is 0 Å². The first-order valence-electron chi connectivity index (χ1n) is 7.23. The molecule has 1 N–H and O–H groups in total. The van der Waals surface area contributed by atoms with Crippen molar-refractivity contribution >= 4 is 11.5 Å². The van der Waals surface area contributed by atoms with Crippen LogP contribution in [0.1, 0.15) is 25.7 Å². The number of nitrogens with zero attached hydrogens (tertiary/aromatic N) is 4. The lowest BCUT2D eigenvalue weighted by atomic mass is 9.74. The number of nitro groups is 1. The molecule has 1 spiro atoms. The van der Waals surface area contributed by atoms with E-state index >= 15 is 0 Å². The maximum atomic E-state index is 11.2. The smallest absolute Gasteiger partial charge is 0.330 e. The molecule has 3 rings (SSSR count). The summed E-state index contributed by atoms with van der Waals surface area (Å²) in [4.78, 5) is 12.9. The van der Waals surface area contributed by atoms with Gasteiger partial charge in [-0.3, -0.25) is 14.8 Å². The van der Waals surface area contributed by atoms with Gasteiger partial charge >= 0.3 is 5.69 Å². The molecule has 2 aliphatic heterocycles. The van der Waals surface area contributed by atoms with Gasteiger partial charge in [-0.05, 0) is 32.2 Å². The molecule has 0 saturated carbocycles. The first-order chi connectivity index (χ1) is 9.60. The van der Waals surface area contributed by atoms with Gasteiger partial charge in [0.1, 0.15) is 6.20 Å². The number of hydrogen-bond acceptors (Lipinski definition) is 5. The van der Waals surface area contributed by atoms with E-state index in [4.69, 9.17) is 0 Å². The van der Waals surface area contributed by atoms with Gasteiger partial charge in [-0.15, -0.1) is 5.10 Å². The highest BCUT2D eigenvalue weighted by molar-refractivity contribution is 5.57. The van der Waals surface area contributed by atoms with Gasteiger partial charge in [-0.1, -0.05) is 0 Å². The molecule has 2 saturated heterocycles. The second kappa shape index (κ2) is 5.05. The summed E-state index contributed by atoms with van der Waals surface area (Å²) in [5.41, 5.74) is 0.385. The van der Waals surface area contributed by atoms with Gasteiger partial charge in [0.2, 0.25) is 5.82 Å². The minimum absolute atomic E-state index is 0.119. The molecule has 0 aliphatic carbocycles. The fourth-order valence-corrected chi connectivity index (χ4v) is 3.59. The van der Waals surface area contributed by atoms with Crippen LogP contribution in [0, 0.1) is 15.5 Å². The Labute approximate surface area is 118 Å². The predicted molar refractivity (Wildman–Crippen MR) is 75.8 cm³/mol. The lowest BCUT2D eigenvalue weighted by Gasteiger charge is -2.45. The quantitative estimate of drug-likeness (QED) is 0.652. The topological polar surface area (TPSA) is 76.2 Å². The number of nitrogens with one attached hydrogen (secondary N) is 1. The number of piperidine rings is 2. The summed E-state index contributed by atoms with van der Waals surface area (Å²) in [5.74, 6) is 0.530. The summed E-state index contributed by atoms with van der Waals surface area (Å²) in [6.45, 7) is 3.84. The Morgan fingerprint density at radius 3 is 2.95 bits per heavy atom. The lowest BCUT2D eigenvalue weighted by Crippen LogP contribution is -2.51. The molecule has 3 heterocycles. The molecule has 1 aromatic heterocycles. The van der Waals surface area contributed by atoms with E-state index in [1.807, 2.05) is 0 Å². The van der Waals surface area contributed by atoms with Crippen molar-refractivity contribution in [3.8, 4) is 0 Å². The zero-order valence-electron chi connectivity index (χ0n) is 11.8. The van der Waals surface area contributed by atoms with Crippen LogP contribution >= 0.6 is 0 Å². The average molecular weight is 279 g/mol. The van der Waals surface area contributed by atoms with E-state index in [9.17, 15) is 10.1 Å². The largest absolute Gasteiger partial charge is 0.349 e. The molecule has 20 heavy (non-hydrogen) atoms. The first-order valence-corrected chi connectivity index (χ1v) is 7.23. The molecule has 7 heteroatoms. The van der Waals surface area contributed by atoms with Crippen LogP contribution in [0.3, 0.4) is 0 Å². The average Bonchev–Trinajstić information content (AvgIpc) is 2.82. The lowest BCUT2D eigenvalue weighted by molar-refractivity contribution is -0.384. The highest BCUT2D eigenvalue weighted by Gasteiger charge is 2.39. The molecule has 1 atom stereocenters. The van der Waals surface area contributed by atoms with Crippen LogP contribution in [-0.2, 0) is 7.05 Å². The van der Waals surface area contributed by atoms with Crippen molar-refractivity contribution in [2.75, 3.05) is 31.1 Å². The molecular formula is C13H21N5O2. The van der Waals surface area contributed by atoms with Gasteiger partial charge in [0, 0.05) is 32.1 Å². The second-order valence-corrected chi connectivity index (χ2v) is 6.07. The first kappa shape index (κ1) is 13.4. The highest BCUT2D eigenvalue weighted by Crippen LogP contribution is 2.39. The van der Waals surface area contributed by atoms with Crippen molar-refractivity contribution in [2.45, 2.75) is 25.7 Å². The van der Waals surface area contributed by atoms with Gasteiger partial charge in [-0.2, -0.15) is 0 Å². The monoisotopic (exact) mass is 279 g/mol. The third kappa shape index (κ3) is 2.37. The number of hydrogen-bond donors (Lipinski definition) is 1. The van der Waals surface area contributed by atoms with Gasteiger partial charge in [0.05, 0.1) is 4.92 Å². The number of aryl methyl sites for hydroxylation is 1. The van der Waals surface area contributed by atoms with Crippen molar-refractivity contribution in [1.82, 2.24) is 15.1 Å². The summed E-state index contributed by atoms with van der Waals surface area (Å²) < 4.78 is 1.54. The maximum absolute atomic E-state index is 11.2. The van der Waals surface area contributed by atoms with Gasteiger partial charge < -0.3 is 10.2 Å². The summed E-state index contributed by atoms with van der Waals surface area (Å²) in [6.07, 6.45) is 6.18. The Kier molecular flexibility index (Phi) is 3.37. The molecule has 2 aliphatic rings. The van der Waals surface area contributed by atoms with Crippen LogP contribution in [0.5, 0.6) is 0 Å². The van der Waals surface area contributed by atoms with E-state index in [1.165, 1.54) is 30.1 Å². The van der Waals surface area contributed by atoms with Crippen LogP contribution in [0.2, 0.25) is 0 Å². The van der Waals surface area contributed by atoms with Crippen LogP contribution in [0.15, 0.2) is 6.20 Å². The zero-order chi connectivity index (χ0) is 14.2. The number of anilines is 1. The third-order valence-corrected chi connectivity index (χ3v) is 4.51. The molecular weight excluding hydrogens is 258 g/mol. The van der Waals surface area contributed by atoms with E-state index in [0.29, 0.717) is 5.82 Å². The number of aromatic nitrogens is 2. The third-order valence-electron chi connectivity index (χ3n) is 4.51. The SMILES string of the molecule is Cn1cc([N+](=O)[O-])c(N2CCCC3(CCCNC3)C2)n1. The Morgan fingerprint density at radius 2 is 2.25 bits per heavy atom. The van der Waals surface area contributed by atoms with E-state index in [1.54, 1.807) is 7.05 Å². The fourth-order valence-electron chi connectivity index (χ4n) is 3.59. The molecule has 2 fully saturated rings. The van der Waals surface area contributed by atoms with E-state index < -0.39 is 0 Å². The van der Waals surface area contributed by atoms with Crippen molar-refractivity contribution in [3.05, 3.63) is 16.3 Å². The Bertz CT molecular complexity index is 501. The molecule has 0 radical (unpaired) electrons. The molecule has 110 valence electrons. The molecule has 0 aromatic carbocycles. The van der Waals surface area contributed by atoms with Crippen LogP contribution in [-0.4, -0.2) is 40.9 Å². The van der Waals surface area contributed by atoms with Gasteiger partial charge in [-0.25, -0.2) is 0 Å². The Balaban J connectivity index is 1.85. The maximum Gasteiger partial charge on any atom is 0.330 e. The van der Waals surface area contributed by atoms with E-state index in [-0.39, 0.29) is 16.0 Å². The zero-order valence-corrected chi connectivity index (χ0v) is 11.8. The fraction of sp³-hybridized carbons (Fsp3) is 0.769. The predicted octanol–water partition coefficient (Wildman–Crippen LogP) is 1.30. The molecule has 1 unspecified atom stereocenters. The van der Waals surface area contributed by atoms with Crippen molar-refractivity contribution in [1.29, 1.82) is 0 Å². The second-order valence-electron chi connectivity index (χ2n) is 6.07. The minimum Gasteiger partial charge on any atom is -0.349 e. The van der Waals surface area contributed by atoms with Gasteiger partial charge in [0.15, 0.2) is 0 Å². The van der Waals surface area contributed by atoms with E-state index in [0.717, 1.165) is 32.6 Å². The van der Waals surface area contributed by atoms with E-state index in [2.05, 4.69) is 15.3 Å². The van der Waals surface area contributed by atoms with Crippen molar-refractivity contribution < 1.29 is 4.92 Å². The van der Waals surface area contributed by atoms with Crippen molar-refractivity contribution in [3.63, 3.8) is 0 Å². The van der Waals surface area contributed by atoms with Crippen LogP contribution < -0.4 is 10.2 Å². The molecule has 0 amide bonds. The molecule has 7 nitrogen and oxygen atoms in total. The molecule has 0 bridgehead atoms. The van der Waals surface area contributed by atoms with Gasteiger partial charge in [0.25, 0.3) is 0 Å².